The number of benzene rings is 2. The minimum absolute atomic E-state index is 0.0824. The van der Waals surface area contributed by atoms with Crippen molar-refractivity contribution >= 4 is 34.6 Å². The van der Waals surface area contributed by atoms with Crippen molar-refractivity contribution in [2.75, 3.05) is 12.0 Å². The van der Waals surface area contributed by atoms with E-state index in [9.17, 15) is 14.4 Å². The largest absolute Gasteiger partial charge is 0.459 e. The average Bonchev–Trinajstić information content (AvgIpc) is 2.74. The second-order valence-electron chi connectivity index (χ2n) is 6.87. The summed E-state index contributed by atoms with van der Waals surface area (Å²) in [5.74, 6) is -0.187. The summed E-state index contributed by atoms with van der Waals surface area (Å²) in [6, 6.07) is 14.8. The maximum Gasteiger partial charge on any atom is 0.336 e. The molecule has 7 heteroatoms. The van der Waals surface area contributed by atoms with Crippen LogP contribution in [0.5, 0.6) is 0 Å². The molecule has 0 spiro atoms. The molecule has 0 fully saturated rings. The second-order valence-corrected chi connectivity index (χ2v) is 7.86. The first-order chi connectivity index (χ1) is 14.5. The highest BCUT2D eigenvalue weighted by Gasteiger charge is 2.23. The quantitative estimate of drug-likeness (QED) is 0.438. The molecule has 0 aliphatic rings. The van der Waals surface area contributed by atoms with Crippen LogP contribution < -0.4 is 10.9 Å². The Kier molecular flexibility index (Phi) is 7.30. The first-order valence-corrected chi connectivity index (χ1v) is 10.9. The molecular formula is C23H23NO5S. The second kappa shape index (κ2) is 10.1. The summed E-state index contributed by atoms with van der Waals surface area (Å²) >= 11 is 1.58. The van der Waals surface area contributed by atoms with Crippen LogP contribution in [0.1, 0.15) is 27.9 Å². The Morgan fingerprint density at radius 1 is 1.13 bits per heavy atom. The molecule has 0 aliphatic heterocycles. The number of rotatable bonds is 8. The molecule has 1 atom stereocenters. The Hall–Kier alpha value is -3.06. The van der Waals surface area contributed by atoms with Gasteiger partial charge in [0.1, 0.15) is 18.2 Å². The predicted octanol–water partition coefficient (Wildman–Crippen LogP) is 3.70. The third kappa shape index (κ3) is 5.51. The molecule has 1 amide bonds. The van der Waals surface area contributed by atoms with Gasteiger partial charge >= 0.3 is 11.6 Å². The maximum absolute atomic E-state index is 12.7. The highest BCUT2D eigenvalue weighted by atomic mass is 32.2. The van der Waals surface area contributed by atoms with Crippen LogP contribution >= 0.6 is 11.8 Å². The highest BCUT2D eigenvalue weighted by Crippen LogP contribution is 2.19. The maximum atomic E-state index is 12.7. The predicted molar refractivity (Wildman–Crippen MR) is 118 cm³/mol. The first kappa shape index (κ1) is 21.6. The van der Waals surface area contributed by atoms with Crippen molar-refractivity contribution in [3.63, 3.8) is 0 Å². The Morgan fingerprint density at radius 3 is 2.63 bits per heavy atom. The van der Waals surface area contributed by atoms with E-state index >= 15 is 0 Å². The zero-order chi connectivity index (χ0) is 21.5. The molecule has 1 aromatic heterocycles. The lowest BCUT2D eigenvalue weighted by Gasteiger charge is -2.18. The Labute approximate surface area is 178 Å². The number of nitrogens with one attached hydrogen (secondary N) is 1. The fraction of sp³-hybridized carbons (Fsp3) is 0.261. The molecule has 0 radical (unpaired) electrons. The van der Waals surface area contributed by atoms with Gasteiger partial charge < -0.3 is 14.5 Å². The number of hydrogen-bond donors (Lipinski definition) is 1. The minimum Gasteiger partial charge on any atom is -0.459 e. The number of ether oxygens (including phenoxy) is 1. The van der Waals surface area contributed by atoms with Gasteiger partial charge in [-0.3, -0.25) is 4.79 Å². The lowest BCUT2D eigenvalue weighted by atomic mass is 10.1. The number of fused-ring (bicyclic) bond motifs is 1. The molecule has 2 aromatic carbocycles. The summed E-state index contributed by atoms with van der Waals surface area (Å²) in [6.07, 6.45) is 2.37. The molecule has 1 N–H and O–H groups in total. The third-order valence-electron chi connectivity index (χ3n) is 4.59. The standard InChI is InChI=1S/C23H23NO5S/c1-15-8-9-18-17(13-21(25)29-20(18)12-15)14-28-23(27)19(10-11-30-2)24-22(26)16-6-4-3-5-7-16/h3-9,12-13,19H,10-11,14H2,1-2H3,(H,24,26)/t19-/m1/s1. The summed E-state index contributed by atoms with van der Waals surface area (Å²) in [6.45, 7) is 1.82. The molecule has 6 nitrogen and oxygen atoms in total. The topological polar surface area (TPSA) is 85.6 Å². The van der Waals surface area contributed by atoms with Gasteiger partial charge in [0.2, 0.25) is 0 Å². The molecule has 0 unspecified atom stereocenters. The number of esters is 1. The van der Waals surface area contributed by atoms with Gasteiger partial charge in [-0.15, -0.1) is 0 Å². The van der Waals surface area contributed by atoms with Crippen LogP contribution in [0.2, 0.25) is 0 Å². The normalized spacial score (nSPS) is 11.8. The molecule has 0 saturated heterocycles. The van der Waals surface area contributed by atoms with E-state index in [0.717, 1.165) is 5.56 Å². The van der Waals surface area contributed by atoms with E-state index < -0.39 is 17.6 Å². The van der Waals surface area contributed by atoms with E-state index in [1.54, 1.807) is 42.1 Å². The van der Waals surface area contributed by atoms with Crippen LogP contribution in [0.15, 0.2) is 63.8 Å². The van der Waals surface area contributed by atoms with E-state index in [1.807, 2.05) is 31.4 Å². The van der Waals surface area contributed by atoms with E-state index in [2.05, 4.69) is 5.32 Å². The lowest BCUT2D eigenvalue weighted by molar-refractivity contribution is -0.147. The van der Waals surface area contributed by atoms with Crippen LogP contribution in [0, 0.1) is 6.92 Å². The van der Waals surface area contributed by atoms with E-state index in [0.29, 0.717) is 34.3 Å². The van der Waals surface area contributed by atoms with E-state index in [1.165, 1.54) is 6.07 Å². The first-order valence-electron chi connectivity index (χ1n) is 9.53. The SMILES string of the molecule is CSCC[C@@H](NC(=O)c1ccccc1)C(=O)OCc1cc(=O)oc2cc(C)ccc12. The zero-order valence-electron chi connectivity index (χ0n) is 16.8. The monoisotopic (exact) mass is 425 g/mol. The van der Waals surface area contributed by atoms with Gasteiger partial charge in [-0.25, -0.2) is 9.59 Å². The number of carbonyl (C=O) groups is 2. The van der Waals surface area contributed by atoms with Crippen molar-refractivity contribution in [2.45, 2.75) is 26.0 Å². The van der Waals surface area contributed by atoms with Crippen LogP contribution in [0.3, 0.4) is 0 Å². The highest BCUT2D eigenvalue weighted by molar-refractivity contribution is 7.98. The van der Waals surface area contributed by atoms with Crippen LogP contribution in [-0.2, 0) is 16.1 Å². The Morgan fingerprint density at radius 2 is 1.90 bits per heavy atom. The number of amides is 1. The molecular weight excluding hydrogens is 402 g/mol. The molecule has 30 heavy (non-hydrogen) atoms. The molecule has 1 heterocycles. The van der Waals surface area contributed by atoms with Gasteiger partial charge in [-0.05, 0) is 49.1 Å². The van der Waals surface area contributed by atoms with Crippen molar-refractivity contribution in [1.29, 1.82) is 0 Å². The van der Waals surface area contributed by atoms with Crippen LogP contribution in [0.4, 0.5) is 0 Å². The van der Waals surface area contributed by atoms with E-state index in [-0.39, 0.29) is 12.5 Å². The molecule has 3 aromatic rings. The fourth-order valence-electron chi connectivity index (χ4n) is 3.02. The smallest absolute Gasteiger partial charge is 0.336 e. The number of thioether (sulfide) groups is 1. The molecule has 3 rings (SSSR count). The van der Waals surface area contributed by atoms with Crippen LogP contribution in [0.25, 0.3) is 11.0 Å². The van der Waals surface area contributed by atoms with Crippen molar-refractivity contribution in [1.82, 2.24) is 5.32 Å². The third-order valence-corrected chi connectivity index (χ3v) is 5.24. The summed E-state index contributed by atoms with van der Waals surface area (Å²) < 4.78 is 10.7. The number of carbonyl (C=O) groups excluding carboxylic acids is 2. The fourth-order valence-corrected chi connectivity index (χ4v) is 3.49. The van der Waals surface area contributed by atoms with Crippen molar-refractivity contribution in [3.8, 4) is 0 Å². The van der Waals surface area contributed by atoms with Gasteiger partial charge in [0.05, 0.1) is 0 Å². The molecule has 0 bridgehead atoms. The van der Waals surface area contributed by atoms with Crippen molar-refractivity contribution in [3.05, 3.63) is 81.7 Å². The molecule has 0 saturated carbocycles. The average molecular weight is 426 g/mol. The Bertz CT molecular complexity index is 1090. The van der Waals surface area contributed by atoms with Gasteiger partial charge in [-0.1, -0.05) is 30.3 Å². The minimum atomic E-state index is -0.779. The van der Waals surface area contributed by atoms with Gasteiger partial charge in [0.25, 0.3) is 5.91 Å². The van der Waals surface area contributed by atoms with Gasteiger partial charge in [0, 0.05) is 22.6 Å². The van der Waals surface area contributed by atoms with E-state index in [4.69, 9.17) is 9.15 Å². The lowest BCUT2D eigenvalue weighted by Crippen LogP contribution is -2.42. The summed E-state index contributed by atoms with van der Waals surface area (Å²) in [4.78, 5) is 37.1. The van der Waals surface area contributed by atoms with Gasteiger partial charge in [-0.2, -0.15) is 11.8 Å². The Balaban J connectivity index is 1.74. The van der Waals surface area contributed by atoms with Crippen molar-refractivity contribution in [2.24, 2.45) is 0 Å². The number of aryl methyl sites for hydroxylation is 1. The van der Waals surface area contributed by atoms with Crippen LogP contribution in [-0.4, -0.2) is 29.9 Å². The summed E-state index contributed by atoms with van der Waals surface area (Å²) in [5, 5.41) is 3.46. The zero-order valence-corrected chi connectivity index (χ0v) is 17.7. The molecule has 0 aliphatic carbocycles. The summed E-state index contributed by atoms with van der Waals surface area (Å²) in [5.41, 5.74) is 1.94. The van der Waals surface area contributed by atoms with Crippen molar-refractivity contribution < 1.29 is 18.7 Å². The summed E-state index contributed by atoms with van der Waals surface area (Å²) in [7, 11) is 0. The molecule has 156 valence electrons. The van der Waals surface area contributed by atoms with Gasteiger partial charge in [0.15, 0.2) is 0 Å². The number of hydrogen-bond acceptors (Lipinski definition) is 6.